The van der Waals surface area contributed by atoms with Crippen LogP contribution in [-0.2, 0) is 6.54 Å². The van der Waals surface area contributed by atoms with E-state index in [1.54, 1.807) is 11.3 Å². The minimum absolute atomic E-state index is 0.0550. The summed E-state index contributed by atoms with van der Waals surface area (Å²) in [6, 6.07) is 24.8. The number of hydrogen-bond donors (Lipinski definition) is 1. The topological polar surface area (TPSA) is 37.8 Å². The van der Waals surface area contributed by atoms with Gasteiger partial charge in [0.2, 0.25) is 0 Å². The summed E-state index contributed by atoms with van der Waals surface area (Å²) in [6.07, 6.45) is 1.84. The third-order valence-electron chi connectivity index (χ3n) is 3.91. The van der Waals surface area contributed by atoms with Crippen molar-refractivity contribution in [2.75, 3.05) is 0 Å². The van der Waals surface area contributed by atoms with E-state index in [0.29, 0.717) is 0 Å². The lowest BCUT2D eigenvalue weighted by Crippen LogP contribution is -2.22. The molecule has 24 heavy (non-hydrogen) atoms. The normalized spacial score (nSPS) is 12.3. The summed E-state index contributed by atoms with van der Waals surface area (Å²) in [5, 5.41) is 4.71. The first-order valence-electron chi connectivity index (χ1n) is 7.94. The van der Waals surface area contributed by atoms with Crippen LogP contribution < -0.4 is 5.32 Å². The van der Waals surface area contributed by atoms with E-state index < -0.39 is 0 Å². The van der Waals surface area contributed by atoms with E-state index in [1.165, 1.54) is 10.3 Å². The molecule has 2 aromatic carbocycles. The highest BCUT2D eigenvalue weighted by molar-refractivity contribution is 7.18. The van der Waals surface area contributed by atoms with Crippen molar-refractivity contribution in [3.63, 3.8) is 0 Å². The fourth-order valence-corrected chi connectivity index (χ4v) is 3.69. The SMILES string of the molecule is c1ccc(C(NCc2nc3ccccc3s2)c2ccccn2)cc1. The summed E-state index contributed by atoms with van der Waals surface area (Å²) >= 11 is 1.74. The molecule has 0 aliphatic heterocycles. The van der Waals surface area contributed by atoms with Gasteiger partial charge in [0.15, 0.2) is 0 Å². The molecule has 0 radical (unpaired) electrons. The molecule has 0 fully saturated rings. The van der Waals surface area contributed by atoms with Gasteiger partial charge in [0.1, 0.15) is 5.01 Å². The van der Waals surface area contributed by atoms with E-state index in [-0.39, 0.29) is 6.04 Å². The minimum Gasteiger partial charge on any atom is -0.298 e. The Morgan fingerprint density at radius 3 is 2.46 bits per heavy atom. The molecule has 2 aromatic heterocycles. The number of nitrogens with one attached hydrogen (secondary N) is 1. The standard InChI is InChI=1S/C20H17N3S/c1-2-8-15(9-3-1)20(17-11-6-7-13-21-17)22-14-19-23-16-10-4-5-12-18(16)24-19/h1-13,20,22H,14H2. The van der Waals surface area contributed by atoms with Crippen molar-refractivity contribution < 1.29 is 0 Å². The van der Waals surface area contributed by atoms with E-state index in [9.17, 15) is 0 Å². The molecule has 0 amide bonds. The van der Waals surface area contributed by atoms with Crippen LogP contribution in [0.4, 0.5) is 0 Å². The predicted octanol–water partition coefficient (Wildman–Crippen LogP) is 4.57. The molecule has 2 heterocycles. The molecule has 1 unspecified atom stereocenters. The first-order valence-corrected chi connectivity index (χ1v) is 8.75. The smallest absolute Gasteiger partial charge is 0.108 e. The number of rotatable bonds is 5. The fraction of sp³-hybridized carbons (Fsp3) is 0.100. The zero-order valence-electron chi connectivity index (χ0n) is 13.1. The van der Waals surface area contributed by atoms with Crippen molar-refractivity contribution in [1.29, 1.82) is 0 Å². The Bertz CT molecular complexity index is 847. The van der Waals surface area contributed by atoms with Crippen LogP contribution in [0, 0.1) is 0 Å². The van der Waals surface area contributed by atoms with E-state index in [1.807, 2.05) is 30.5 Å². The van der Waals surface area contributed by atoms with E-state index in [2.05, 4.69) is 58.8 Å². The van der Waals surface area contributed by atoms with Gasteiger partial charge in [0, 0.05) is 12.7 Å². The monoisotopic (exact) mass is 331 g/mol. The second-order valence-corrected chi connectivity index (χ2v) is 6.67. The molecule has 118 valence electrons. The molecule has 0 aliphatic rings. The maximum atomic E-state index is 4.71. The van der Waals surface area contributed by atoms with Crippen LogP contribution in [0.2, 0.25) is 0 Å². The summed E-state index contributed by atoms with van der Waals surface area (Å²) in [5.74, 6) is 0. The number of hydrogen-bond acceptors (Lipinski definition) is 4. The van der Waals surface area contributed by atoms with E-state index in [0.717, 1.165) is 22.8 Å². The molecule has 0 saturated carbocycles. The molecule has 0 bridgehead atoms. The lowest BCUT2D eigenvalue weighted by atomic mass is 10.0. The van der Waals surface area contributed by atoms with Crippen LogP contribution in [0.25, 0.3) is 10.2 Å². The molecule has 4 heteroatoms. The molecule has 4 rings (SSSR count). The largest absolute Gasteiger partial charge is 0.298 e. The quantitative estimate of drug-likeness (QED) is 0.582. The molecule has 1 atom stereocenters. The van der Waals surface area contributed by atoms with Crippen molar-refractivity contribution in [2.24, 2.45) is 0 Å². The third-order valence-corrected chi connectivity index (χ3v) is 4.95. The Hall–Kier alpha value is -2.56. The van der Waals surface area contributed by atoms with E-state index >= 15 is 0 Å². The Kier molecular flexibility index (Phi) is 4.32. The van der Waals surface area contributed by atoms with Crippen molar-refractivity contribution in [2.45, 2.75) is 12.6 Å². The highest BCUT2D eigenvalue weighted by Gasteiger charge is 2.15. The molecular weight excluding hydrogens is 314 g/mol. The lowest BCUT2D eigenvalue weighted by Gasteiger charge is -2.18. The average Bonchev–Trinajstić information content (AvgIpc) is 3.07. The number of aromatic nitrogens is 2. The molecule has 0 aliphatic carbocycles. The van der Waals surface area contributed by atoms with Crippen LogP contribution in [0.5, 0.6) is 0 Å². The highest BCUT2D eigenvalue weighted by atomic mass is 32.1. The Morgan fingerprint density at radius 2 is 1.67 bits per heavy atom. The van der Waals surface area contributed by atoms with Crippen LogP contribution in [0.1, 0.15) is 22.3 Å². The van der Waals surface area contributed by atoms with Crippen LogP contribution in [-0.4, -0.2) is 9.97 Å². The first-order chi connectivity index (χ1) is 11.9. The number of benzene rings is 2. The zero-order chi connectivity index (χ0) is 16.2. The van der Waals surface area contributed by atoms with Gasteiger partial charge in [-0.3, -0.25) is 10.3 Å². The lowest BCUT2D eigenvalue weighted by molar-refractivity contribution is 0.591. The average molecular weight is 331 g/mol. The molecule has 0 saturated heterocycles. The van der Waals surface area contributed by atoms with Crippen molar-refractivity contribution in [3.05, 3.63) is 95.3 Å². The number of pyridine rings is 1. The van der Waals surface area contributed by atoms with Gasteiger partial charge in [-0.15, -0.1) is 11.3 Å². The highest BCUT2D eigenvalue weighted by Crippen LogP contribution is 2.24. The number of fused-ring (bicyclic) bond motifs is 1. The second kappa shape index (κ2) is 6.91. The molecule has 4 aromatic rings. The fourth-order valence-electron chi connectivity index (χ4n) is 2.77. The maximum Gasteiger partial charge on any atom is 0.108 e. The van der Waals surface area contributed by atoms with Gasteiger partial charge in [-0.05, 0) is 29.8 Å². The number of thiazole rings is 1. The summed E-state index contributed by atoms with van der Waals surface area (Å²) in [4.78, 5) is 9.24. The number of nitrogens with zero attached hydrogens (tertiary/aromatic N) is 2. The summed E-state index contributed by atoms with van der Waals surface area (Å²) in [7, 11) is 0. The molecular formula is C20H17N3S. The van der Waals surface area contributed by atoms with Crippen LogP contribution in [0.3, 0.4) is 0 Å². The summed E-state index contributed by atoms with van der Waals surface area (Å²) < 4.78 is 1.23. The Labute approximate surface area is 145 Å². The summed E-state index contributed by atoms with van der Waals surface area (Å²) in [5.41, 5.74) is 3.29. The van der Waals surface area contributed by atoms with Gasteiger partial charge in [-0.25, -0.2) is 4.98 Å². The maximum absolute atomic E-state index is 4.71. The van der Waals surface area contributed by atoms with Crippen molar-refractivity contribution in [3.8, 4) is 0 Å². The third kappa shape index (κ3) is 3.20. The van der Waals surface area contributed by atoms with Crippen LogP contribution in [0.15, 0.2) is 79.0 Å². The van der Waals surface area contributed by atoms with Gasteiger partial charge in [-0.1, -0.05) is 48.5 Å². The van der Waals surface area contributed by atoms with Crippen LogP contribution >= 0.6 is 11.3 Å². The molecule has 0 spiro atoms. The van der Waals surface area contributed by atoms with Gasteiger partial charge in [-0.2, -0.15) is 0 Å². The summed E-state index contributed by atoms with van der Waals surface area (Å²) in [6.45, 7) is 0.718. The van der Waals surface area contributed by atoms with Crippen molar-refractivity contribution >= 4 is 21.6 Å². The molecule has 1 N–H and O–H groups in total. The second-order valence-electron chi connectivity index (χ2n) is 5.55. The predicted molar refractivity (Wildman–Crippen MR) is 99.0 cm³/mol. The molecule has 3 nitrogen and oxygen atoms in total. The first kappa shape index (κ1) is 15.0. The van der Waals surface area contributed by atoms with Crippen molar-refractivity contribution in [1.82, 2.24) is 15.3 Å². The van der Waals surface area contributed by atoms with Gasteiger partial charge in [0.25, 0.3) is 0 Å². The van der Waals surface area contributed by atoms with E-state index in [4.69, 9.17) is 4.98 Å². The number of para-hydroxylation sites is 1. The van der Waals surface area contributed by atoms with Gasteiger partial charge in [0.05, 0.1) is 22.0 Å². The minimum atomic E-state index is 0.0550. The van der Waals surface area contributed by atoms with Gasteiger partial charge < -0.3 is 0 Å². The zero-order valence-corrected chi connectivity index (χ0v) is 13.9. The van der Waals surface area contributed by atoms with Gasteiger partial charge >= 0.3 is 0 Å². The Balaban J connectivity index is 1.60. The Morgan fingerprint density at radius 1 is 0.875 bits per heavy atom.